The molecule has 0 aromatic rings. The molecule has 0 atom stereocenters. The minimum absolute atomic E-state index is 0.869. The maximum atomic E-state index is 6.66. The van der Waals surface area contributed by atoms with Crippen LogP contribution in [0, 0.1) is 10.8 Å². The van der Waals surface area contributed by atoms with Gasteiger partial charge in [0.05, 0.1) is 0 Å². The topological polar surface area (TPSA) is 47.7 Å². The van der Waals surface area contributed by atoms with Gasteiger partial charge in [-0.2, -0.15) is 0 Å². The fraction of sp³-hybridized carbons (Fsp3) is 0.667. The quantitative estimate of drug-likeness (QED) is 0.403. The molecule has 2 heteroatoms. The van der Waals surface area contributed by atoms with E-state index in [1.807, 2.05) is 0 Å². The highest BCUT2D eigenvalue weighted by molar-refractivity contribution is 5.54. The molecule has 0 aliphatic carbocycles. The molecule has 0 aliphatic rings. The number of hydrogen-bond acceptors (Lipinski definition) is 2. The third-order valence-corrected chi connectivity index (χ3v) is 0.947. The van der Waals surface area contributed by atoms with Crippen LogP contribution in [-0.4, -0.2) is 12.4 Å². The summed E-state index contributed by atoms with van der Waals surface area (Å²) in [4.78, 5) is 0. The van der Waals surface area contributed by atoms with E-state index in [1.54, 1.807) is 0 Å². The second-order valence-corrected chi connectivity index (χ2v) is 1.69. The molecule has 0 radical (unpaired) electrons. The summed E-state index contributed by atoms with van der Waals surface area (Å²) in [6, 6.07) is 0. The zero-order valence-electron chi connectivity index (χ0n) is 4.98. The summed E-state index contributed by atoms with van der Waals surface area (Å²) in [6.07, 6.45) is 6.69. The Hall–Kier alpha value is -0.660. The van der Waals surface area contributed by atoms with Gasteiger partial charge in [0.1, 0.15) is 0 Å². The van der Waals surface area contributed by atoms with Gasteiger partial charge in [0.2, 0.25) is 0 Å². The molecule has 0 fully saturated rings. The van der Waals surface area contributed by atoms with Crippen LogP contribution in [0.15, 0.2) is 0 Å². The zero-order chi connectivity index (χ0) is 6.24. The first-order chi connectivity index (χ1) is 3.91. The van der Waals surface area contributed by atoms with E-state index >= 15 is 0 Å². The minimum atomic E-state index is 0.869. The number of rotatable bonds is 5. The number of hydrogen-bond donors (Lipinski definition) is 2. The van der Waals surface area contributed by atoms with Crippen molar-refractivity contribution in [2.75, 3.05) is 0 Å². The standard InChI is InChI=1S/C6H12N2/c7-5-3-1-2-4-6-8/h5-8H,1-4H2. The molecular formula is C6H12N2. The van der Waals surface area contributed by atoms with Gasteiger partial charge in [0.25, 0.3) is 0 Å². The van der Waals surface area contributed by atoms with Crippen LogP contribution in [0.5, 0.6) is 0 Å². The number of unbranched alkanes of at least 4 members (excludes halogenated alkanes) is 3. The smallest absolute Gasteiger partial charge is 0.00477 e. The summed E-state index contributed by atoms with van der Waals surface area (Å²) in [7, 11) is 0. The minimum Gasteiger partial charge on any atom is -0.313 e. The van der Waals surface area contributed by atoms with Crippen molar-refractivity contribution >= 4 is 12.4 Å². The maximum Gasteiger partial charge on any atom is -0.00477 e. The molecule has 2 N–H and O–H groups in total. The molecule has 0 bridgehead atoms. The van der Waals surface area contributed by atoms with E-state index < -0.39 is 0 Å². The predicted molar refractivity (Wildman–Crippen MR) is 36.0 cm³/mol. The molecule has 0 aliphatic heterocycles. The third-order valence-electron chi connectivity index (χ3n) is 0.947. The molecular weight excluding hydrogens is 100 g/mol. The van der Waals surface area contributed by atoms with Gasteiger partial charge in [-0.25, -0.2) is 0 Å². The Balaban J connectivity index is 2.71. The monoisotopic (exact) mass is 112 g/mol. The third kappa shape index (κ3) is 5.34. The van der Waals surface area contributed by atoms with E-state index in [9.17, 15) is 0 Å². The molecule has 8 heavy (non-hydrogen) atoms. The zero-order valence-corrected chi connectivity index (χ0v) is 4.98. The highest BCUT2D eigenvalue weighted by Crippen LogP contribution is 1.93. The second kappa shape index (κ2) is 6.34. The lowest BCUT2D eigenvalue weighted by Crippen LogP contribution is -1.77. The molecule has 0 heterocycles. The molecule has 0 aromatic carbocycles. The fourth-order valence-corrected chi connectivity index (χ4v) is 0.493. The van der Waals surface area contributed by atoms with Crippen molar-refractivity contribution in [1.82, 2.24) is 0 Å². The Kier molecular flexibility index (Phi) is 5.82. The van der Waals surface area contributed by atoms with Crippen LogP contribution >= 0.6 is 0 Å². The largest absolute Gasteiger partial charge is 0.313 e. The van der Waals surface area contributed by atoms with Gasteiger partial charge in [0, 0.05) is 0 Å². The van der Waals surface area contributed by atoms with Gasteiger partial charge in [-0.1, -0.05) is 0 Å². The van der Waals surface area contributed by atoms with Crippen molar-refractivity contribution in [2.45, 2.75) is 25.7 Å². The lowest BCUT2D eigenvalue weighted by atomic mass is 10.2. The number of nitrogens with one attached hydrogen (secondary N) is 2. The van der Waals surface area contributed by atoms with Crippen molar-refractivity contribution in [3.05, 3.63) is 0 Å². The van der Waals surface area contributed by atoms with Crippen LogP contribution in [0.1, 0.15) is 25.7 Å². The van der Waals surface area contributed by atoms with E-state index in [0.29, 0.717) is 0 Å². The highest BCUT2D eigenvalue weighted by Gasteiger charge is 1.80. The van der Waals surface area contributed by atoms with Crippen LogP contribution in [0.2, 0.25) is 0 Å². The summed E-state index contributed by atoms with van der Waals surface area (Å²) in [5.74, 6) is 0. The summed E-state index contributed by atoms with van der Waals surface area (Å²) >= 11 is 0. The average molecular weight is 112 g/mol. The molecule has 0 unspecified atom stereocenters. The van der Waals surface area contributed by atoms with Gasteiger partial charge in [0.15, 0.2) is 0 Å². The van der Waals surface area contributed by atoms with Crippen LogP contribution in [0.25, 0.3) is 0 Å². The summed E-state index contributed by atoms with van der Waals surface area (Å²) < 4.78 is 0. The van der Waals surface area contributed by atoms with Crippen LogP contribution in [0.4, 0.5) is 0 Å². The predicted octanol–water partition coefficient (Wildman–Crippen LogP) is 1.85. The van der Waals surface area contributed by atoms with E-state index in [-0.39, 0.29) is 0 Å². The first kappa shape index (κ1) is 7.34. The van der Waals surface area contributed by atoms with Crippen LogP contribution in [0.3, 0.4) is 0 Å². The van der Waals surface area contributed by atoms with Crippen LogP contribution in [-0.2, 0) is 0 Å². The van der Waals surface area contributed by atoms with Crippen molar-refractivity contribution in [3.8, 4) is 0 Å². The van der Waals surface area contributed by atoms with Crippen LogP contribution < -0.4 is 0 Å². The molecule has 0 amide bonds. The van der Waals surface area contributed by atoms with E-state index in [4.69, 9.17) is 10.8 Å². The lowest BCUT2D eigenvalue weighted by molar-refractivity contribution is 0.804. The first-order valence-corrected chi connectivity index (χ1v) is 2.89. The maximum absolute atomic E-state index is 6.66. The summed E-state index contributed by atoms with van der Waals surface area (Å²) in [5.41, 5.74) is 0. The average Bonchev–Trinajstić information content (AvgIpc) is 1.81. The Labute approximate surface area is 49.9 Å². The van der Waals surface area contributed by atoms with Crippen molar-refractivity contribution in [3.63, 3.8) is 0 Å². The molecule has 46 valence electrons. The van der Waals surface area contributed by atoms with E-state index in [2.05, 4.69) is 0 Å². The Morgan fingerprint density at radius 2 is 1.25 bits per heavy atom. The second-order valence-electron chi connectivity index (χ2n) is 1.69. The van der Waals surface area contributed by atoms with Crippen molar-refractivity contribution in [2.24, 2.45) is 0 Å². The fourth-order valence-electron chi connectivity index (χ4n) is 0.493. The van der Waals surface area contributed by atoms with E-state index in [0.717, 1.165) is 25.7 Å². The van der Waals surface area contributed by atoms with Gasteiger partial charge in [-0.05, 0) is 38.1 Å². The van der Waals surface area contributed by atoms with Gasteiger partial charge < -0.3 is 10.8 Å². The lowest BCUT2D eigenvalue weighted by Gasteiger charge is -1.87. The van der Waals surface area contributed by atoms with E-state index in [1.165, 1.54) is 12.4 Å². The molecule has 0 rings (SSSR count). The van der Waals surface area contributed by atoms with Gasteiger partial charge >= 0.3 is 0 Å². The Morgan fingerprint density at radius 3 is 1.50 bits per heavy atom. The van der Waals surface area contributed by atoms with Gasteiger partial charge in [-0.3, -0.25) is 0 Å². The molecule has 0 saturated heterocycles. The Morgan fingerprint density at radius 1 is 0.875 bits per heavy atom. The molecule has 0 saturated carbocycles. The Bertz CT molecular complexity index is 58.9. The highest BCUT2D eigenvalue weighted by atomic mass is 14.3. The normalized spacial score (nSPS) is 8.50. The molecule has 0 aromatic heterocycles. The summed E-state index contributed by atoms with van der Waals surface area (Å²) in [6.45, 7) is 0. The van der Waals surface area contributed by atoms with Crippen molar-refractivity contribution in [1.29, 1.82) is 10.8 Å². The SMILES string of the molecule is N=CCCCCC=N. The first-order valence-electron chi connectivity index (χ1n) is 2.89. The molecule has 2 nitrogen and oxygen atoms in total. The molecule has 0 spiro atoms. The van der Waals surface area contributed by atoms with Gasteiger partial charge in [-0.15, -0.1) is 0 Å². The van der Waals surface area contributed by atoms with Crippen molar-refractivity contribution < 1.29 is 0 Å². The summed E-state index contributed by atoms with van der Waals surface area (Å²) in [5, 5.41) is 13.3.